The van der Waals surface area contributed by atoms with E-state index in [9.17, 15) is 19.7 Å². The van der Waals surface area contributed by atoms with Crippen LogP contribution in [-0.2, 0) is 12.8 Å². The minimum Gasteiger partial charge on any atom is -0.355 e. The van der Waals surface area contributed by atoms with Crippen molar-refractivity contribution in [2.45, 2.75) is 32.1 Å². The zero-order valence-corrected chi connectivity index (χ0v) is 15.1. The molecule has 26 heavy (non-hydrogen) atoms. The molecule has 0 bridgehead atoms. The fraction of sp³-hybridized carbons (Fsp3) is 0.333. The maximum Gasteiger partial charge on any atom is 0.270 e. The Morgan fingerprint density at radius 3 is 2.65 bits per heavy atom. The monoisotopic (exact) mass is 373 g/mol. The lowest BCUT2D eigenvalue weighted by molar-refractivity contribution is -0.384. The third kappa shape index (κ3) is 3.60. The molecule has 136 valence electrons. The van der Waals surface area contributed by atoms with Gasteiger partial charge in [-0.1, -0.05) is 12.5 Å². The second kappa shape index (κ2) is 7.65. The van der Waals surface area contributed by atoms with Crippen LogP contribution < -0.4 is 10.6 Å². The van der Waals surface area contributed by atoms with Gasteiger partial charge in [-0.2, -0.15) is 0 Å². The molecule has 0 radical (unpaired) electrons. The minimum absolute atomic E-state index is 0.147. The number of anilines is 1. The molecule has 3 rings (SSSR count). The Bertz CT molecular complexity index is 875. The topological polar surface area (TPSA) is 101 Å². The molecule has 2 amide bonds. The molecule has 1 aromatic heterocycles. The van der Waals surface area contributed by atoms with Crippen molar-refractivity contribution in [3.05, 3.63) is 55.9 Å². The van der Waals surface area contributed by atoms with E-state index in [-0.39, 0.29) is 17.2 Å². The summed E-state index contributed by atoms with van der Waals surface area (Å²) in [6, 6.07) is 5.55. The third-order valence-electron chi connectivity index (χ3n) is 4.42. The van der Waals surface area contributed by atoms with E-state index < -0.39 is 10.8 Å². The van der Waals surface area contributed by atoms with E-state index in [4.69, 9.17) is 0 Å². The van der Waals surface area contributed by atoms with Crippen molar-refractivity contribution in [3.63, 3.8) is 0 Å². The molecule has 0 spiro atoms. The number of nitro benzene ring substituents is 1. The van der Waals surface area contributed by atoms with Gasteiger partial charge in [0, 0.05) is 29.6 Å². The first kappa shape index (κ1) is 18.1. The molecule has 0 saturated carbocycles. The molecule has 2 aromatic rings. The van der Waals surface area contributed by atoms with E-state index in [1.807, 2.05) is 0 Å². The molecule has 0 aliphatic heterocycles. The number of benzene rings is 1. The Kier molecular flexibility index (Phi) is 5.32. The van der Waals surface area contributed by atoms with Crippen LogP contribution in [0.15, 0.2) is 24.3 Å². The van der Waals surface area contributed by atoms with E-state index in [0.717, 1.165) is 42.5 Å². The van der Waals surface area contributed by atoms with Crippen molar-refractivity contribution >= 4 is 33.8 Å². The average molecular weight is 373 g/mol. The molecular formula is C18H19N3O4S. The van der Waals surface area contributed by atoms with Crippen LogP contribution >= 0.6 is 11.3 Å². The molecule has 0 unspecified atom stereocenters. The zero-order chi connectivity index (χ0) is 18.7. The summed E-state index contributed by atoms with van der Waals surface area (Å²) in [7, 11) is 1.56. The van der Waals surface area contributed by atoms with Crippen LogP contribution in [0.25, 0.3) is 0 Å². The highest BCUT2D eigenvalue weighted by Gasteiger charge is 2.25. The number of amides is 2. The van der Waals surface area contributed by atoms with Crippen LogP contribution in [0.1, 0.15) is 50.4 Å². The molecule has 0 atom stereocenters. The van der Waals surface area contributed by atoms with Gasteiger partial charge in [-0.05, 0) is 37.3 Å². The normalized spacial score (nSPS) is 13.4. The summed E-state index contributed by atoms with van der Waals surface area (Å²) in [4.78, 5) is 36.5. The molecule has 8 heteroatoms. The standard InChI is InChI=1S/C18H19N3O4S/c1-19-17(23)15-13-8-3-2-4-9-14(13)26-18(15)20-16(22)11-6-5-7-12(10-11)21(24)25/h5-7,10H,2-4,8-9H2,1H3,(H,19,23)(H,20,22). The first-order valence-corrected chi connectivity index (χ1v) is 9.25. The molecule has 1 aliphatic rings. The number of carbonyl (C=O) groups excluding carboxylic acids is 2. The number of non-ortho nitro benzene ring substituents is 1. The predicted molar refractivity (Wildman–Crippen MR) is 100 cm³/mol. The molecule has 1 heterocycles. The van der Waals surface area contributed by atoms with E-state index in [2.05, 4.69) is 10.6 Å². The number of nitro groups is 1. The van der Waals surface area contributed by atoms with Crippen molar-refractivity contribution in [2.75, 3.05) is 12.4 Å². The molecule has 0 fully saturated rings. The fourth-order valence-electron chi connectivity index (χ4n) is 3.13. The van der Waals surface area contributed by atoms with Crippen molar-refractivity contribution in [1.29, 1.82) is 0 Å². The van der Waals surface area contributed by atoms with Crippen LogP contribution in [0.5, 0.6) is 0 Å². The Balaban J connectivity index is 1.94. The summed E-state index contributed by atoms with van der Waals surface area (Å²) < 4.78 is 0. The quantitative estimate of drug-likeness (QED) is 0.486. The van der Waals surface area contributed by atoms with Gasteiger partial charge in [0.2, 0.25) is 0 Å². The summed E-state index contributed by atoms with van der Waals surface area (Å²) in [6.07, 6.45) is 4.94. The van der Waals surface area contributed by atoms with Gasteiger partial charge in [0.25, 0.3) is 17.5 Å². The van der Waals surface area contributed by atoms with Gasteiger partial charge in [0.15, 0.2) is 0 Å². The van der Waals surface area contributed by atoms with E-state index in [1.54, 1.807) is 7.05 Å². The summed E-state index contributed by atoms with van der Waals surface area (Å²) in [6.45, 7) is 0. The number of thiophene rings is 1. The second-order valence-electron chi connectivity index (χ2n) is 6.11. The summed E-state index contributed by atoms with van der Waals surface area (Å²) in [5.41, 5.74) is 1.58. The number of hydrogen-bond donors (Lipinski definition) is 2. The number of aryl methyl sites for hydroxylation is 1. The van der Waals surface area contributed by atoms with E-state index in [0.29, 0.717) is 10.6 Å². The number of hydrogen-bond acceptors (Lipinski definition) is 5. The van der Waals surface area contributed by atoms with Crippen molar-refractivity contribution in [3.8, 4) is 0 Å². The van der Waals surface area contributed by atoms with Crippen molar-refractivity contribution in [2.24, 2.45) is 0 Å². The maximum absolute atomic E-state index is 12.6. The molecular weight excluding hydrogens is 354 g/mol. The van der Waals surface area contributed by atoms with E-state index in [1.165, 1.54) is 35.6 Å². The molecule has 7 nitrogen and oxygen atoms in total. The first-order chi connectivity index (χ1) is 12.5. The SMILES string of the molecule is CNC(=O)c1c(NC(=O)c2cccc([N+](=O)[O-])c2)sc2c1CCCCC2. The summed E-state index contributed by atoms with van der Waals surface area (Å²) in [5.74, 6) is -0.686. The average Bonchev–Trinajstić information content (AvgIpc) is 2.81. The highest BCUT2D eigenvalue weighted by Crippen LogP contribution is 2.37. The summed E-state index contributed by atoms with van der Waals surface area (Å²) >= 11 is 1.43. The van der Waals surface area contributed by atoms with Crippen LogP contribution in [0, 0.1) is 10.1 Å². The Hall–Kier alpha value is -2.74. The van der Waals surface area contributed by atoms with Gasteiger partial charge in [-0.15, -0.1) is 11.3 Å². The van der Waals surface area contributed by atoms with Crippen molar-refractivity contribution < 1.29 is 14.5 Å². The lowest BCUT2D eigenvalue weighted by Gasteiger charge is -2.08. The number of rotatable bonds is 4. The predicted octanol–water partition coefficient (Wildman–Crippen LogP) is 3.54. The molecule has 1 aromatic carbocycles. The highest BCUT2D eigenvalue weighted by atomic mass is 32.1. The van der Waals surface area contributed by atoms with Crippen LogP contribution in [0.3, 0.4) is 0 Å². The van der Waals surface area contributed by atoms with Crippen molar-refractivity contribution in [1.82, 2.24) is 5.32 Å². The number of nitrogens with one attached hydrogen (secondary N) is 2. The fourth-order valence-corrected chi connectivity index (χ4v) is 4.41. The first-order valence-electron chi connectivity index (χ1n) is 8.43. The van der Waals surface area contributed by atoms with E-state index >= 15 is 0 Å². The highest BCUT2D eigenvalue weighted by molar-refractivity contribution is 7.17. The Labute approximate surface area is 154 Å². The maximum atomic E-state index is 12.6. The number of nitrogens with zero attached hydrogens (tertiary/aromatic N) is 1. The van der Waals surface area contributed by atoms with Crippen LogP contribution in [0.4, 0.5) is 10.7 Å². The lowest BCUT2D eigenvalue weighted by atomic mass is 10.0. The third-order valence-corrected chi connectivity index (χ3v) is 5.63. The zero-order valence-electron chi connectivity index (χ0n) is 14.3. The lowest BCUT2D eigenvalue weighted by Crippen LogP contribution is -2.21. The minimum atomic E-state index is -0.542. The second-order valence-corrected chi connectivity index (χ2v) is 7.21. The summed E-state index contributed by atoms with van der Waals surface area (Å²) in [5, 5.41) is 16.8. The Morgan fingerprint density at radius 1 is 1.15 bits per heavy atom. The van der Waals surface area contributed by atoms with Gasteiger partial charge in [-0.3, -0.25) is 19.7 Å². The molecule has 1 aliphatic carbocycles. The molecule has 2 N–H and O–H groups in total. The molecule has 0 saturated heterocycles. The smallest absolute Gasteiger partial charge is 0.270 e. The van der Waals surface area contributed by atoms with Gasteiger partial charge >= 0.3 is 0 Å². The Morgan fingerprint density at radius 2 is 1.92 bits per heavy atom. The van der Waals surface area contributed by atoms with Crippen LogP contribution in [0.2, 0.25) is 0 Å². The van der Waals surface area contributed by atoms with Gasteiger partial charge in [0.1, 0.15) is 5.00 Å². The largest absolute Gasteiger partial charge is 0.355 e. The van der Waals surface area contributed by atoms with Gasteiger partial charge in [0.05, 0.1) is 10.5 Å². The number of fused-ring (bicyclic) bond motifs is 1. The number of carbonyl (C=O) groups is 2. The van der Waals surface area contributed by atoms with Crippen LogP contribution in [-0.4, -0.2) is 23.8 Å². The van der Waals surface area contributed by atoms with Gasteiger partial charge in [-0.25, -0.2) is 0 Å². The van der Waals surface area contributed by atoms with Gasteiger partial charge < -0.3 is 10.6 Å².